The predicted molar refractivity (Wildman–Crippen MR) is 78.8 cm³/mol. The summed E-state index contributed by atoms with van der Waals surface area (Å²) in [6, 6.07) is 4.61. The molecule has 0 aliphatic heterocycles. The van der Waals surface area contributed by atoms with E-state index in [1.807, 2.05) is 13.8 Å². The topological polar surface area (TPSA) is 117 Å². The molecule has 21 heavy (non-hydrogen) atoms. The Kier molecular flexibility index (Phi) is 5.40. The first-order valence-corrected chi connectivity index (χ1v) is 6.62. The quantitative estimate of drug-likeness (QED) is 0.274. The van der Waals surface area contributed by atoms with Gasteiger partial charge in [0.05, 0.1) is 12.7 Å². The number of oxime groups is 1. The SMILES string of the molecule is CCC(CC)(NC(=O)c1cccc(OC)c1O)/C(N)=N/O. The van der Waals surface area contributed by atoms with E-state index in [0.717, 1.165) is 0 Å². The number of hydrogen-bond donors (Lipinski definition) is 4. The van der Waals surface area contributed by atoms with Crippen LogP contribution in [0.5, 0.6) is 11.5 Å². The number of nitrogens with one attached hydrogen (secondary N) is 1. The summed E-state index contributed by atoms with van der Waals surface area (Å²) in [5.74, 6) is -0.659. The fourth-order valence-corrected chi connectivity index (χ4v) is 2.10. The summed E-state index contributed by atoms with van der Waals surface area (Å²) in [7, 11) is 1.40. The van der Waals surface area contributed by atoms with Crippen molar-refractivity contribution in [1.82, 2.24) is 5.32 Å². The van der Waals surface area contributed by atoms with Crippen LogP contribution in [0.25, 0.3) is 0 Å². The van der Waals surface area contributed by atoms with Crippen molar-refractivity contribution < 1.29 is 19.8 Å². The first kappa shape index (κ1) is 16.6. The van der Waals surface area contributed by atoms with E-state index < -0.39 is 11.4 Å². The van der Waals surface area contributed by atoms with Crippen LogP contribution in [0.3, 0.4) is 0 Å². The van der Waals surface area contributed by atoms with E-state index in [9.17, 15) is 9.90 Å². The van der Waals surface area contributed by atoms with Crippen LogP contribution in [0.1, 0.15) is 37.0 Å². The van der Waals surface area contributed by atoms with Gasteiger partial charge in [-0.3, -0.25) is 4.79 Å². The second-order valence-electron chi connectivity index (χ2n) is 4.59. The van der Waals surface area contributed by atoms with Crippen LogP contribution in [-0.4, -0.2) is 34.7 Å². The minimum Gasteiger partial charge on any atom is -0.504 e. The number of phenols is 1. The first-order chi connectivity index (χ1) is 9.95. The van der Waals surface area contributed by atoms with Gasteiger partial charge in [-0.05, 0) is 25.0 Å². The lowest BCUT2D eigenvalue weighted by molar-refractivity contribution is 0.0914. The number of nitrogens with two attached hydrogens (primary N) is 1. The van der Waals surface area contributed by atoms with Crippen LogP contribution in [0.15, 0.2) is 23.4 Å². The van der Waals surface area contributed by atoms with Crippen LogP contribution < -0.4 is 15.8 Å². The number of ether oxygens (including phenoxy) is 1. The molecule has 1 aromatic carbocycles. The number of methoxy groups -OCH3 is 1. The molecule has 7 nitrogen and oxygen atoms in total. The van der Waals surface area contributed by atoms with Crippen molar-refractivity contribution in [3.63, 3.8) is 0 Å². The summed E-state index contributed by atoms with van der Waals surface area (Å²) in [4.78, 5) is 12.4. The van der Waals surface area contributed by atoms with E-state index in [-0.39, 0.29) is 22.9 Å². The zero-order chi connectivity index (χ0) is 16.0. The molecule has 0 aliphatic rings. The molecule has 0 saturated heterocycles. The summed E-state index contributed by atoms with van der Waals surface area (Å²) in [5.41, 5.74) is 4.78. The maximum absolute atomic E-state index is 12.4. The van der Waals surface area contributed by atoms with Crippen molar-refractivity contribution in [2.24, 2.45) is 10.9 Å². The van der Waals surface area contributed by atoms with Crippen molar-refractivity contribution in [3.8, 4) is 11.5 Å². The van der Waals surface area contributed by atoms with E-state index in [2.05, 4.69) is 10.5 Å². The number of rotatable bonds is 6. The summed E-state index contributed by atoms with van der Waals surface area (Å²) in [5, 5.41) is 24.6. The lowest BCUT2D eigenvalue weighted by atomic mass is 9.91. The maximum atomic E-state index is 12.4. The van der Waals surface area contributed by atoms with Crippen molar-refractivity contribution in [2.75, 3.05) is 7.11 Å². The molecular weight excluding hydrogens is 274 g/mol. The summed E-state index contributed by atoms with van der Waals surface area (Å²) < 4.78 is 4.97. The number of phenolic OH excluding ortho intramolecular Hbond substituents is 1. The fraction of sp³-hybridized carbons (Fsp3) is 0.429. The Labute approximate surface area is 123 Å². The average molecular weight is 295 g/mol. The van der Waals surface area contributed by atoms with Crippen LogP contribution >= 0.6 is 0 Å². The summed E-state index contributed by atoms with van der Waals surface area (Å²) >= 11 is 0. The normalized spacial score (nSPS) is 12.0. The zero-order valence-corrected chi connectivity index (χ0v) is 12.4. The molecule has 1 aromatic rings. The van der Waals surface area contributed by atoms with Crippen molar-refractivity contribution in [2.45, 2.75) is 32.2 Å². The molecule has 0 aliphatic carbocycles. The molecule has 0 heterocycles. The van der Waals surface area contributed by atoms with Crippen LogP contribution in [-0.2, 0) is 0 Å². The standard InChI is InChI=1S/C14H21N3O4/c1-4-14(5-2,13(15)17-20)16-12(19)9-7-6-8-10(21-3)11(9)18/h6-8,18,20H,4-5H2,1-3H3,(H2,15,17)(H,16,19). The number of benzene rings is 1. The van der Waals surface area contributed by atoms with Gasteiger partial charge in [0.25, 0.3) is 5.91 Å². The number of hydrogen-bond acceptors (Lipinski definition) is 5. The highest BCUT2D eigenvalue weighted by molar-refractivity contribution is 6.02. The monoisotopic (exact) mass is 295 g/mol. The number of nitrogens with zero attached hydrogens (tertiary/aromatic N) is 1. The van der Waals surface area contributed by atoms with Crippen LogP contribution in [0, 0.1) is 0 Å². The largest absolute Gasteiger partial charge is 0.504 e. The fourth-order valence-electron chi connectivity index (χ4n) is 2.10. The molecule has 0 unspecified atom stereocenters. The Morgan fingerprint density at radius 2 is 2.05 bits per heavy atom. The molecule has 0 fully saturated rings. The highest BCUT2D eigenvalue weighted by Gasteiger charge is 2.34. The lowest BCUT2D eigenvalue weighted by Crippen LogP contribution is -2.56. The third-order valence-corrected chi connectivity index (χ3v) is 3.62. The molecule has 1 rings (SSSR count). The van der Waals surface area contributed by atoms with Gasteiger partial charge in [0.2, 0.25) is 0 Å². The molecule has 0 atom stereocenters. The number of para-hydroxylation sites is 1. The molecule has 0 radical (unpaired) electrons. The first-order valence-electron chi connectivity index (χ1n) is 6.62. The second-order valence-corrected chi connectivity index (χ2v) is 4.59. The molecule has 7 heteroatoms. The van der Waals surface area contributed by atoms with Gasteiger partial charge in [-0.15, -0.1) is 0 Å². The lowest BCUT2D eigenvalue weighted by Gasteiger charge is -2.31. The van der Waals surface area contributed by atoms with Crippen molar-refractivity contribution in [1.29, 1.82) is 0 Å². The van der Waals surface area contributed by atoms with Gasteiger partial charge in [0.1, 0.15) is 5.54 Å². The summed E-state index contributed by atoms with van der Waals surface area (Å²) in [6.07, 6.45) is 0.881. The molecule has 0 spiro atoms. The molecule has 0 bridgehead atoms. The van der Waals surface area contributed by atoms with Gasteiger partial charge in [-0.25, -0.2) is 0 Å². The Hall–Kier alpha value is -2.44. The Morgan fingerprint density at radius 1 is 1.43 bits per heavy atom. The highest BCUT2D eigenvalue weighted by atomic mass is 16.5. The number of amides is 1. The van der Waals surface area contributed by atoms with E-state index in [0.29, 0.717) is 12.8 Å². The molecule has 0 saturated carbocycles. The Morgan fingerprint density at radius 3 is 2.52 bits per heavy atom. The van der Waals surface area contributed by atoms with Crippen LogP contribution in [0.2, 0.25) is 0 Å². The van der Waals surface area contributed by atoms with Gasteiger partial charge in [0.15, 0.2) is 17.3 Å². The van der Waals surface area contributed by atoms with Gasteiger partial charge in [-0.1, -0.05) is 25.1 Å². The van der Waals surface area contributed by atoms with Gasteiger partial charge >= 0.3 is 0 Å². The molecule has 0 aromatic heterocycles. The Bertz CT molecular complexity index is 539. The highest BCUT2D eigenvalue weighted by Crippen LogP contribution is 2.30. The number of amidine groups is 1. The number of carbonyl (C=O) groups is 1. The predicted octanol–water partition coefficient (Wildman–Crippen LogP) is 1.44. The van der Waals surface area contributed by atoms with Gasteiger partial charge < -0.3 is 26.1 Å². The van der Waals surface area contributed by atoms with E-state index in [1.54, 1.807) is 12.1 Å². The van der Waals surface area contributed by atoms with Crippen LogP contribution in [0.4, 0.5) is 0 Å². The maximum Gasteiger partial charge on any atom is 0.255 e. The zero-order valence-electron chi connectivity index (χ0n) is 12.4. The minimum atomic E-state index is -0.971. The number of carbonyl (C=O) groups excluding carboxylic acids is 1. The Balaban J connectivity index is 3.15. The number of aromatic hydroxyl groups is 1. The third-order valence-electron chi connectivity index (χ3n) is 3.62. The molecular formula is C14H21N3O4. The van der Waals surface area contributed by atoms with Crippen molar-refractivity contribution in [3.05, 3.63) is 23.8 Å². The van der Waals surface area contributed by atoms with E-state index in [1.165, 1.54) is 13.2 Å². The van der Waals surface area contributed by atoms with Crippen molar-refractivity contribution >= 4 is 11.7 Å². The van der Waals surface area contributed by atoms with E-state index >= 15 is 0 Å². The van der Waals surface area contributed by atoms with Gasteiger partial charge in [0, 0.05) is 0 Å². The van der Waals surface area contributed by atoms with E-state index in [4.69, 9.17) is 15.7 Å². The summed E-state index contributed by atoms with van der Waals surface area (Å²) in [6.45, 7) is 3.63. The smallest absolute Gasteiger partial charge is 0.255 e. The minimum absolute atomic E-state index is 0.0614. The molecule has 1 amide bonds. The second kappa shape index (κ2) is 6.83. The third kappa shape index (κ3) is 3.18. The molecule has 5 N–H and O–H groups in total. The average Bonchev–Trinajstić information content (AvgIpc) is 2.51. The molecule has 116 valence electrons. The van der Waals surface area contributed by atoms with Gasteiger partial charge in [-0.2, -0.15) is 0 Å².